The van der Waals surface area contributed by atoms with Crippen molar-refractivity contribution < 1.29 is 14.3 Å². The predicted octanol–water partition coefficient (Wildman–Crippen LogP) is 7.15. The minimum absolute atomic E-state index is 0.276. The van der Waals surface area contributed by atoms with Gasteiger partial charge in [-0.05, 0) is 86.8 Å². The van der Waals surface area contributed by atoms with Gasteiger partial charge >= 0.3 is 0 Å². The lowest BCUT2D eigenvalue weighted by Crippen LogP contribution is -2.13. The maximum Gasteiger partial charge on any atom is 0.255 e. The van der Waals surface area contributed by atoms with Crippen molar-refractivity contribution in [2.45, 2.75) is 34.3 Å². The molecule has 6 heteroatoms. The number of hydrogen-bond donors (Lipinski definition) is 1. The minimum Gasteiger partial charge on any atom is -0.493 e. The fourth-order valence-electron chi connectivity index (χ4n) is 3.22. The molecule has 3 rings (SSSR count). The van der Waals surface area contributed by atoms with Crippen molar-refractivity contribution in [1.29, 1.82) is 0 Å². The van der Waals surface area contributed by atoms with Crippen LogP contribution in [0.4, 0.5) is 5.69 Å². The molecule has 0 saturated heterocycles. The van der Waals surface area contributed by atoms with E-state index in [2.05, 4.69) is 18.3 Å². The highest BCUT2D eigenvalue weighted by Gasteiger charge is 2.14. The number of ether oxygens (including phenoxy) is 2. The molecule has 3 aromatic rings. The van der Waals surface area contributed by atoms with Crippen molar-refractivity contribution in [2.75, 3.05) is 11.9 Å². The van der Waals surface area contributed by atoms with Crippen LogP contribution in [0.3, 0.4) is 0 Å². The number of carbonyl (C=O) groups excluding carboxylic acids is 1. The summed E-state index contributed by atoms with van der Waals surface area (Å²) >= 11 is 12.2. The van der Waals surface area contributed by atoms with Crippen LogP contribution in [0.15, 0.2) is 48.5 Å². The average Bonchev–Trinajstić information content (AvgIpc) is 2.73. The molecule has 0 aliphatic carbocycles. The molecule has 0 bridgehead atoms. The van der Waals surface area contributed by atoms with Crippen molar-refractivity contribution in [3.05, 3.63) is 86.4 Å². The molecule has 0 fully saturated rings. The van der Waals surface area contributed by atoms with E-state index in [-0.39, 0.29) is 12.5 Å². The average molecular weight is 458 g/mol. The van der Waals surface area contributed by atoms with Crippen molar-refractivity contribution in [2.24, 2.45) is 0 Å². The Kier molecular flexibility index (Phi) is 7.47. The van der Waals surface area contributed by atoms with E-state index < -0.39 is 0 Å². The van der Waals surface area contributed by atoms with Crippen LogP contribution in [-0.2, 0) is 6.61 Å². The lowest BCUT2D eigenvalue weighted by Gasteiger charge is -2.16. The van der Waals surface area contributed by atoms with Gasteiger partial charge in [0.2, 0.25) is 0 Å². The SMILES string of the molecule is CCOc1ccc(C(=O)Nc2cc(Cl)ccc2Cl)cc1COc1cc(C)cc(C)c1C. The third kappa shape index (κ3) is 5.72. The first kappa shape index (κ1) is 23.0. The number of halogens is 2. The van der Waals surface area contributed by atoms with E-state index in [4.69, 9.17) is 32.7 Å². The summed E-state index contributed by atoms with van der Waals surface area (Å²) in [6.45, 7) is 8.84. The second-order valence-electron chi connectivity index (χ2n) is 7.33. The van der Waals surface area contributed by atoms with Crippen molar-refractivity contribution in [3.8, 4) is 11.5 Å². The number of aryl methyl sites for hydroxylation is 2. The van der Waals surface area contributed by atoms with Crippen LogP contribution in [0.25, 0.3) is 0 Å². The van der Waals surface area contributed by atoms with Crippen LogP contribution in [0.1, 0.15) is 39.5 Å². The number of carbonyl (C=O) groups is 1. The van der Waals surface area contributed by atoms with E-state index in [1.165, 1.54) is 5.56 Å². The van der Waals surface area contributed by atoms with Gasteiger partial charge in [0.25, 0.3) is 5.91 Å². The molecule has 1 amide bonds. The summed E-state index contributed by atoms with van der Waals surface area (Å²) in [5.74, 6) is 1.21. The Hall–Kier alpha value is -2.69. The molecule has 4 nitrogen and oxygen atoms in total. The molecule has 162 valence electrons. The number of nitrogens with one attached hydrogen (secondary N) is 1. The molecule has 1 N–H and O–H groups in total. The molecule has 0 radical (unpaired) electrons. The lowest BCUT2D eigenvalue weighted by atomic mass is 10.1. The third-order valence-electron chi connectivity index (χ3n) is 4.95. The first-order valence-electron chi connectivity index (χ1n) is 10.0. The zero-order valence-electron chi connectivity index (χ0n) is 18.0. The standard InChI is InChI=1S/C25H25Cl2NO3/c1-5-30-23-9-6-18(25(29)28-22-13-20(26)7-8-21(22)27)12-19(23)14-31-24-11-15(2)10-16(3)17(24)4/h6-13H,5,14H2,1-4H3,(H,28,29). The molecular formula is C25H25Cl2NO3. The van der Waals surface area contributed by atoms with Crippen molar-refractivity contribution in [1.82, 2.24) is 0 Å². The maximum absolute atomic E-state index is 12.8. The second-order valence-corrected chi connectivity index (χ2v) is 8.17. The van der Waals surface area contributed by atoms with Crippen LogP contribution in [0.5, 0.6) is 11.5 Å². The summed E-state index contributed by atoms with van der Waals surface area (Å²) in [6.07, 6.45) is 0. The highest BCUT2D eigenvalue weighted by molar-refractivity contribution is 6.35. The molecule has 0 aromatic heterocycles. The van der Waals surface area contributed by atoms with E-state index in [0.29, 0.717) is 33.7 Å². The Labute approximate surface area is 193 Å². The summed E-state index contributed by atoms with van der Waals surface area (Å²) in [5, 5.41) is 3.71. The van der Waals surface area contributed by atoms with E-state index in [0.717, 1.165) is 22.4 Å². The smallest absolute Gasteiger partial charge is 0.255 e. The molecular weight excluding hydrogens is 433 g/mol. The van der Waals surface area contributed by atoms with Gasteiger partial charge < -0.3 is 14.8 Å². The van der Waals surface area contributed by atoms with E-state index >= 15 is 0 Å². The molecule has 3 aromatic carbocycles. The topological polar surface area (TPSA) is 47.6 Å². The van der Waals surface area contributed by atoms with Gasteiger partial charge in [-0.3, -0.25) is 4.79 Å². The first-order valence-corrected chi connectivity index (χ1v) is 10.8. The summed E-state index contributed by atoms with van der Waals surface area (Å²) in [5.41, 5.74) is 5.10. The third-order valence-corrected chi connectivity index (χ3v) is 5.51. The van der Waals surface area contributed by atoms with Gasteiger partial charge in [-0.2, -0.15) is 0 Å². The summed E-state index contributed by atoms with van der Waals surface area (Å²) in [7, 11) is 0. The number of anilines is 1. The van der Waals surface area contributed by atoms with Crippen LogP contribution < -0.4 is 14.8 Å². The molecule has 31 heavy (non-hydrogen) atoms. The van der Waals surface area contributed by atoms with Gasteiger partial charge in [0, 0.05) is 16.1 Å². The van der Waals surface area contributed by atoms with E-state index in [9.17, 15) is 4.79 Å². The Balaban J connectivity index is 1.85. The first-order chi connectivity index (χ1) is 14.8. The monoisotopic (exact) mass is 457 g/mol. The Morgan fingerprint density at radius 3 is 2.45 bits per heavy atom. The van der Waals surface area contributed by atoms with Gasteiger partial charge in [-0.25, -0.2) is 0 Å². The molecule has 0 atom stereocenters. The van der Waals surface area contributed by atoms with Crippen LogP contribution in [0.2, 0.25) is 10.0 Å². The van der Waals surface area contributed by atoms with E-state index in [1.807, 2.05) is 26.8 Å². The zero-order chi connectivity index (χ0) is 22.5. The van der Waals surface area contributed by atoms with E-state index in [1.54, 1.807) is 36.4 Å². The van der Waals surface area contributed by atoms with Crippen molar-refractivity contribution in [3.63, 3.8) is 0 Å². The molecule has 0 heterocycles. The van der Waals surface area contributed by atoms with Crippen molar-refractivity contribution >= 4 is 34.8 Å². The van der Waals surface area contributed by atoms with Gasteiger partial charge in [-0.15, -0.1) is 0 Å². The van der Waals surface area contributed by atoms with Gasteiger partial charge in [0.05, 0.1) is 17.3 Å². The molecule has 0 aliphatic heterocycles. The quantitative estimate of drug-likeness (QED) is 0.409. The fraction of sp³-hybridized carbons (Fsp3) is 0.240. The Bertz CT molecular complexity index is 1110. The van der Waals surface area contributed by atoms with Crippen LogP contribution in [-0.4, -0.2) is 12.5 Å². The molecule has 0 spiro atoms. The molecule has 0 aliphatic rings. The number of rotatable bonds is 7. The fourth-order valence-corrected chi connectivity index (χ4v) is 3.56. The highest BCUT2D eigenvalue weighted by atomic mass is 35.5. The van der Waals surface area contributed by atoms with Crippen LogP contribution >= 0.6 is 23.2 Å². The molecule has 0 saturated carbocycles. The largest absolute Gasteiger partial charge is 0.493 e. The maximum atomic E-state index is 12.8. The Morgan fingerprint density at radius 2 is 1.71 bits per heavy atom. The lowest BCUT2D eigenvalue weighted by molar-refractivity contribution is 0.102. The Morgan fingerprint density at radius 1 is 0.935 bits per heavy atom. The van der Waals surface area contributed by atoms with Crippen LogP contribution in [0, 0.1) is 20.8 Å². The normalized spacial score (nSPS) is 10.6. The van der Waals surface area contributed by atoms with Gasteiger partial charge in [-0.1, -0.05) is 29.3 Å². The second kappa shape index (κ2) is 10.1. The summed E-state index contributed by atoms with van der Waals surface area (Å²) in [6, 6.07) is 14.3. The zero-order valence-corrected chi connectivity index (χ0v) is 19.5. The summed E-state index contributed by atoms with van der Waals surface area (Å²) < 4.78 is 11.8. The number of hydrogen-bond acceptors (Lipinski definition) is 3. The minimum atomic E-state index is -0.295. The number of amides is 1. The molecule has 0 unspecified atom stereocenters. The highest BCUT2D eigenvalue weighted by Crippen LogP contribution is 2.29. The summed E-state index contributed by atoms with van der Waals surface area (Å²) in [4.78, 5) is 12.8. The predicted molar refractivity (Wildman–Crippen MR) is 127 cm³/mol. The van der Waals surface area contributed by atoms with Gasteiger partial charge in [0.15, 0.2) is 0 Å². The number of benzene rings is 3. The van der Waals surface area contributed by atoms with Gasteiger partial charge in [0.1, 0.15) is 18.1 Å².